The molecule has 1 fully saturated rings. The van der Waals surface area contributed by atoms with Crippen LogP contribution in [0.4, 0.5) is 0 Å². The molecular formula is C11H15N2O11P. The summed E-state index contributed by atoms with van der Waals surface area (Å²) in [5.74, 6) is -1.35. The van der Waals surface area contributed by atoms with Gasteiger partial charge in [0.2, 0.25) is 0 Å². The zero-order valence-electron chi connectivity index (χ0n) is 12.4. The number of ether oxygens (including phenoxy) is 1. The lowest BCUT2D eigenvalue weighted by molar-refractivity contribution is -0.136. The molecule has 0 bridgehead atoms. The Morgan fingerprint density at radius 2 is 2.04 bits per heavy atom. The highest BCUT2D eigenvalue weighted by molar-refractivity contribution is 7.46. The van der Waals surface area contributed by atoms with Crippen LogP contribution in [0, 0.1) is 0 Å². The summed E-state index contributed by atoms with van der Waals surface area (Å²) >= 11 is 0. The molecule has 1 aliphatic heterocycles. The summed E-state index contributed by atoms with van der Waals surface area (Å²) < 4.78 is 21.2. The molecule has 0 aliphatic carbocycles. The number of rotatable bonds is 6. The van der Waals surface area contributed by atoms with Crippen LogP contribution in [0.25, 0.3) is 0 Å². The number of aliphatic carboxylic acids is 1. The van der Waals surface area contributed by atoms with Crippen molar-refractivity contribution in [3.63, 3.8) is 0 Å². The maximum atomic E-state index is 11.9. The molecule has 14 heteroatoms. The lowest BCUT2D eigenvalue weighted by atomic mass is 10.1. The van der Waals surface area contributed by atoms with Crippen molar-refractivity contribution in [2.75, 3.05) is 6.61 Å². The van der Waals surface area contributed by atoms with Crippen LogP contribution in [0.2, 0.25) is 0 Å². The number of phosphoric ester groups is 1. The number of hydrogen-bond acceptors (Lipinski definition) is 8. The number of H-pyrrole nitrogens is 1. The first-order valence-corrected chi connectivity index (χ1v) is 8.31. The Morgan fingerprint density at radius 1 is 1.40 bits per heavy atom. The smallest absolute Gasteiger partial charge is 0.470 e. The van der Waals surface area contributed by atoms with E-state index in [-0.39, 0.29) is 5.56 Å². The molecule has 140 valence electrons. The lowest BCUT2D eigenvalue weighted by Gasteiger charge is -2.20. The number of nitrogens with zero attached hydrogens (tertiary/aromatic N) is 1. The Labute approximate surface area is 138 Å². The summed E-state index contributed by atoms with van der Waals surface area (Å²) in [7, 11) is -5.04. The second-order valence-electron chi connectivity index (χ2n) is 5.19. The summed E-state index contributed by atoms with van der Waals surface area (Å²) in [6, 6.07) is 0. The topological polar surface area (TPSA) is 209 Å². The van der Waals surface area contributed by atoms with E-state index < -0.39 is 62.6 Å². The SMILES string of the molecule is O=C(O)Cc1cn([C@@H]2O[C@H](CO)[C@@H](OP(=O)(O)O)[C@H]2O)c(=O)[nH]c1=O. The van der Waals surface area contributed by atoms with Crippen molar-refractivity contribution in [3.8, 4) is 0 Å². The van der Waals surface area contributed by atoms with Crippen molar-refractivity contribution < 1.29 is 43.7 Å². The maximum Gasteiger partial charge on any atom is 0.470 e. The quantitative estimate of drug-likeness (QED) is 0.271. The summed E-state index contributed by atoms with van der Waals surface area (Å²) in [5, 5.41) is 28.1. The molecule has 6 N–H and O–H groups in total. The van der Waals surface area contributed by atoms with Gasteiger partial charge in [-0.15, -0.1) is 0 Å². The van der Waals surface area contributed by atoms with Gasteiger partial charge >= 0.3 is 19.5 Å². The van der Waals surface area contributed by atoms with Crippen LogP contribution >= 0.6 is 7.82 Å². The molecule has 0 aromatic carbocycles. The molecule has 0 unspecified atom stereocenters. The summed E-state index contributed by atoms with van der Waals surface area (Å²) in [5.41, 5.74) is -2.32. The first kappa shape index (κ1) is 19.5. The van der Waals surface area contributed by atoms with Crippen LogP contribution in [0.1, 0.15) is 11.8 Å². The Bertz CT molecular complexity index is 811. The Morgan fingerprint density at radius 3 is 2.56 bits per heavy atom. The fraction of sp³-hybridized carbons (Fsp3) is 0.545. The van der Waals surface area contributed by atoms with Crippen LogP contribution in [-0.2, 0) is 25.0 Å². The summed E-state index contributed by atoms with van der Waals surface area (Å²) in [4.78, 5) is 53.8. The van der Waals surface area contributed by atoms with E-state index in [1.54, 1.807) is 0 Å². The van der Waals surface area contributed by atoms with Gasteiger partial charge in [-0.1, -0.05) is 0 Å². The van der Waals surface area contributed by atoms with Crippen LogP contribution in [-0.4, -0.2) is 65.5 Å². The average molecular weight is 382 g/mol. The Hall–Kier alpha value is -1.86. The molecular weight excluding hydrogens is 367 g/mol. The molecule has 0 saturated carbocycles. The van der Waals surface area contributed by atoms with E-state index in [4.69, 9.17) is 19.6 Å². The van der Waals surface area contributed by atoms with Crippen molar-refractivity contribution >= 4 is 13.8 Å². The molecule has 1 aromatic rings. The minimum absolute atomic E-state index is 0.317. The zero-order valence-corrected chi connectivity index (χ0v) is 13.3. The predicted molar refractivity (Wildman–Crippen MR) is 76.6 cm³/mol. The van der Waals surface area contributed by atoms with Gasteiger partial charge in [-0.05, 0) is 0 Å². The van der Waals surface area contributed by atoms with Gasteiger partial charge in [0, 0.05) is 11.8 Å². The van der Waals surface area contributed by atoms with Gasteiger partial charge in [0.25, 0.3) is 5.56 Å². The van der Waals surface area contributed by atoms with Crippen LogP contribution < -0.4 is 11.2 Å². The standard InChI is InChI=1S/C11H15N2O11P/c14-3-5-8(24-25(20,21)22)7(17)10(23-5)13-2-4(1-6(15)16)9(18)12-11(13)19/h2,5,7-8,10,14,17H,1,3H2,(H,15,16)(H,12,18,19)(H2,20,21,22)/t5-,7-,8-,10-/m1/s1. The lowest BCUT2D eigenvalue weighted by Crippen LogP contribution is -2.39. The largest absolute Gasteiger partial charge is 0.481 e. The summed E-state index contributed by atoms with van der Waals surface area (Å²) in [6.45, 7) is -0.793. The highest BCUT2D eigenvalue weighted by Gasteiger charge is 2.48. The van der Waals surface area contributed by atoms with Gasteiger partial charge < -0.3 is 29.8 Å². The molecule has 2 rings (SSSR count). The van der Waals surface area contributed by atoms with Crippen molar-refractivity contribution in [1.29, 1.82) is 0 Å². The fourth-order valence-corrected chi connectivity index (χ4v) is 2.97. The van der Waals surface area contributed by atoms with Gasteiger partial charge in [0.05, 0.1) is 13.0 Å². The maximum absolute atomic E-state index is 11.9. The molecule has 13 nitrogen and oxygen atoms in total. The number of nitrogens with one attached hydrogen (secondary N) is 1. The Kier molecular flexibility index (Phi) is 5.58. The average Bonchev–Trinajstić information content (AvgIpc) is 2.77. The van der Waals surface area contributed by atoms with Gasteiger partial charge in [0.1, 0.15) is 18.3 Å². The van der Waals surface area contributed by atoms with E-state index in [9.17, 15) is 29.2 Å². The molecule has 1 aliphatic rings. The van der Waals surface area contributed by atoms with Crippen molar-refractivity contribution in [2.45, 2.75) is 31.0 Å². The third-order valence-electron chi connectivity index (χ3n) is 3.41. The van der Waals surface area contributed by atoms with E-state index in [0.29, 0.717) is 4.57 Å². The number of carbonyl (C=O) groups is 1. The van der Waals surface area contributed by atoms with Crippen molar-refractivity contribution in [3.05, 3.63) is 32.6 Å². The summed E-state index contributed by atoms with van der Waals surface area (Å²) in [6.07, 6.45) is -6.30. The molecule has 4 atom stereocenters. The van der Waals surface area contributed by atoms with Gasteiger partial charge in [-0.2, -0.15) is 0 Å². The van der Waals surface area contributed by atoms with E-state index in [0.717, 1.165) is 6.20 Å². The highest BCUT2D eigenvalue weighted by Crippen LogP contribution is 2.43. The second kappa shape index (κ2) is 7.17. The molecule has 0 spiro atoms. The fourth-order valence-electron chi connectivity index (χ4n) is 2.39. The minimum Gasteiger partial charge on any atom is -0.481 e. The minimum atomic E-state index is -5.04. The second-order valence-corrected chi connectivity index (χ2v) is 6.38. The molecule has 0 radical (unpaired) electrons. The van der Waals surface area contributed by atoms with Crippen molar-refractivity contribution in [2.24, 2.45) is 0 Å². The van der Waals surface area contributed by atoms with Crippen LogP contribution in [0.15, 0.2) is 15.8 Å². The first-order valence-electron chi connectivity index (χ1n) is 6.78. The highest BCUT2D eigenvalue weighted by atomic mass is 31.2. The van der Waals surface area contributed by atoms with Crippen LogP contribution in [0.3, 0.4) is 0 Å². The first-order chi connectivity index (χ1) is 11.5. The normalized spacial score (nSPS) is 26.7. The molecule has 1 aromatic heterocycles. The number of carboxylic acid groups (broad SMARTS) is 1. The van der Waals surface area contributed by atoms with E-state index in [1.807, 2.05) is 4.98 Å². The Balaban J connectivity index is 2.41. The van der Waals surface area contributed by atoms with Gasteiger partial charge in [-0.3, -0.25) is 23.7 Å². The number of aliphatic hydroxyl groups is 2. The van der Waals surface area contributed by atoms with E-state index in [2.05, 4.69) is 4.52 Å². The zero-order chi connectivity index (χ0) is 18.9. The van der Waals surface area contributed by atoms with E-state index in [1.165, 1.54) is 0 Å². The monoisotopic (exact) mass is 382 g/mol. The number of carboxylic acids is 1. The number of hydrogen-bond donors (Lipinski definition) is 6. The molecule has 0 amide bonds. The number of aromatic amines is 1. The number of aliphatic hydroxyl groups excluding tert-OH is 2. The third-order valence-corrected chi connectivity index (χ3v) is 3.92. The molecule has 1 saturated heterocycles. The van der Waals surface area contributed by atoms with E-state index >= 15 is 0 Å². The van der Waals surface area contributed by atoms with Gasteiger partial charge in [-0.25, -0.2) is 9.36 Å². The van der Waals surface area contributed by atoms with Crippen LogP contribution in [0.5, 0.6) is 0 Å². The van der Waals surface area contributed by atoms with Gasteiger partial charge in [0.15, 0.2) is 6.23 Å². The number of aromatic nitrogens is 2. The van der Waals surface area contributed by atoms with Crippen molar-refractivity contribution in [1.82, 2.24) is 9.55 Å². The molecule has 25 heavy (non-hydrogen) atoms. The third kappa shape index (κ3) is 4.41. The molecule has 2 heterocycles. The number of phosphoric acid groups is 1. The predicted octanol–water partition coefficient (Wildman–Crippen LogP) is -3.11.